The van der Waals surface area contributed by atoms with E-state index in [4.69, 9.17) is 23.2 Å². The summed E-state index contributed by atoms with van der Waals surface area (Å²) in [7, 11) is 0. The Bertz CT molecular complexity index is 1210. The van der Waals surface area contributed by atoms with E-state index in [1.807, 2.05) is 62.4 Å². The van der Waals surface area contributed by atoms with Gasteiger partial charge in [0, 0.05) is 10.6 Å². The summed E-state index contributed by atoms with van der Waals surface area (Å²) in [6, 6.07) is 20.1. The van der Waals surface area contributed by atoms with Gasteiger partial charge in [0.15, 0.2) is 0 Å². The van der Waals surface area contributed by atoms with Crippen LogP contribution in [0, 0.1) is 13.8 Å². The van der Waals surface area contributed by atoms with Crippen LogP contribution in [0.2, 0.25) is 10.0 Å². The molecular formula is C24H18Cl2N2O2S. The van der Waals surface area contributed by atoms with Crippen molar-refractivity contribution in [3.63, 3.8) is 0 Å². The highest BCUT2D eigenvalue weighted by atomic mass is 35.5. The van der Waals surface area contributed by atoms with Gasteiger partial charge in [0.25, 0.3) is 11.8 Å². The number of thioether (sulfide) groups is 1. The smallest absolute Gasteiger partial charge is 0.283 e. The molecule has 0 radical (unpaired) electrons. The SMILES string of the molecule is Cc1cc(C)cc(N2C(=O)C(Nc3ccc(Cl)c(Cl)c3)=C(Sc3ccccc3)C2=O)c1. The minimum absolute atomic E-state index is 0.205. The molecule has 4 rings (SSSR count). The zero-order valence-electron chi connectivity index (χ0n) is 16.8. The number of amides is 2. The Labute approximate surface area is 194 Å². The molecule has 156 valence electrons. The molecule has 0 spiro atoms. The van der Waals surface area contributed by atoms with Gasteiger partial charge in [0.05, 0.1) is 15.7 Å². The number of anilines is 2. The Balaban J connectivity index is 1.77. The molecule has 3 aromatic rings. The van der Waals surface area contributed by atoms with Crippen molar-refractivity contribution in [1.82, 2.24) is 0 Å². The van der Waals surface area contributed by atoms with E-state index in [0.717, 1.165) is 16.0 Å². The summed E-state index contributed by atoms with van der Waals surface area (Å²) in [4.78, 5) is 29.2. The Morgan fingerprint density at radius 2 is 1.48 bits per heavy atom. The second-order valence-electron chi connectivity index (χ2n) is 7.16. The van der Waals surface area contributed by atoms with Crippen LogP contribution in [0.25, 0.3) is 0 Å². The fourth-order valence-electron chi connectivity index (χ4n) is 3.35. The number of imide groups is 1. The molecule has 0 aromatic heterocycles. The summed E-state index contributed by atoms with van der Waals surface area (Å²) >= 11 is 13.4. The number of benzene rings is 3. The first-order valence-corrected chi connectivity index (χ1v) is 11.1. The van der Waals surface area contributed by atoms with E-state index in [0.29, 0.717) is 26.3 Å². The highest BCUT2D eigenvalue weighted by Gasteiger charge is 2.40. The standard InChI is InChI=1S/C24H18Cl2N2O2S/c1-14-10-15(2)12-17(11-14)28-23(29)21(27-16-8-9-19(25)20(26)13-16)22(24(28)30)31-18-6-4-3-5-7-18/h3-13,27H,1-2H3. The largest absolute Gasteiger partial charge is 0.350 e. The van der Waals surface area contributed by atoms with Crippen LogP contribution in [0.4, 0.5) is 11.4 Å². The molecule has 0 bridgehead atoms. The van der Waals surface area contributed by atoms with Gasteiger partial charge >= 0.3 is 0 Å². The van der Waals surface area contributed by atoms with Crippen molar-refractivity contribution in [1.29, 1.82) is 0 Å². The summed E-state index contributed by atoms with van der Waals surface area (Å²) in [5.41, 5.74) is 3.26. The van der Waals surface area contributed by atoms with Crippen molar-refractivity contribution in [3.8, 4) is 0 Å². The van der Waals surface area contributed by atoms with Crippen LogP contribution in [0.15, 0.2) is 82.2 Å². The lowest BCUT2D eigenvalue weighted by molar-refractivity contribution is -0.120. The average Bonchev–Trinajstić information content (AvgIpc) is 2.95. The van der Waals surface area contributed by atoms with Gasteiger partial charge in [-0.3, -0.25) is 9.59 Å². The summed E-state index contributed by atoms with van der Waals surface area (Å²) in [6.45, 7) is 3.87. The number of hydrogen-bond donors (Lipinski definition) is 1. The maximum Gasteiger partial charge on any atom is 0.283 e. The molecule has 0 unspecified atom stereocenters. The second kappa shape index (κ2) is 8.79. The molecule has 0 aliphatic carbocycles. The first-order valence-electron chi connectivity index (χ1n) is 9.50. The van der Waals surface area contributed by atoms with Gasteiger partial charge in [0.1, 0.15) is 10.6 Å². The van der Waals surface area contributed by atoms with E-state index in [-0.39, 0.29) is 11.6 Å². The number of carbonyl (C=O) groups excluding carboxylic acids is 2. The fourth-order valence-corrected chi connectivity index (χ4v) is 4.60. The van der Waals surface area contributed by atoms with E-state index in [1.54, 1.807) is 18.2 Å². The number of hydrogen-bond acceptors (Lipinski definition) is 4. The quantitative estimate of drug-likeness (QED) is 0.428. The first-order chi connectivity index (χ1) is 14.8. The predicted molar refractivity (Wildman–Crippen MR) is 128 cm³/mol. The minimum atomic E-state index is -0.417. The molecule has 1 aliphatic rings. The zero-order valence-corrected chi connectivity index (χ0v) is 19.1. The number of nitrogens with one attached hydrogen (secondary N) is 1. The Kier molecular flexibility index (Phi) is 6.10. The average molecular weight is 469 g/mol. The van der Waals surface area contributed by atoms with E-state index < -0.39 is 5.91 Å². The molecule has 0 atom stereocenters. The topological polar surface area (TPSA) is 49.4 Å². The Morgan fingerprint density at radius 1 is 0.806 bits per heavy atom. The first kappa shape index (κ1) is 21.5. The van der Waals surface area contributed by atoms with Crippen molar-refractivity contribution in [3.05, 3.63) is 98.5 Å². The number of halogens is 2. The molecular weight excluding hydrogens is 451 g/mol. The maximum atomic E-state index is 13.4. The van der Waals surface area contributed by atoms with Crippen LogP contribution in [-0.2, 0) is 9.59 Å². The van der Waals surface area contributed by atoms with Crippen LogP contribution >= 0.6 is 35.0 Å². The molecule has 2 amide bonds. The fraction of sp³-hybridized carbons (Fsp3) is 0.0833. The lowest BCUT2D eigenvalue weighted by atomic mass is 10.1. The van der Waals surface area contributed by atoms with Crippen LogP contribution in [0.1, 0.15) is 11.1 Å². The number of aryl methyl sites for hydroxylation is 2. The van der Waals surface area contributed by atoms with Gasteiger partial charge in [-0.25, -0.2) is 4.90 Å². The lowest BCUT2D eigenvalue weighted by Crippen LogP contribution is -2.32. The number of carbonyl (C=O) groups is 2. The molecule has 1 heterocycles. The normalized spacial score (nSPS) is 13.9. The highest BCUT2D eigenvalue weighted by Crippen LogP contribution is 2.38. The molecule has 4 nitrogen and oxygen atoms in total. The summed E-state index contributed by atoms with van der Waals surface area (Å²) < 4.78 is 0. The van der Waals surface area contributed by atoms with Crippen LogP contribution in [-0.4, -0.2) is 11.8 Å². The molecule has 0 fully saturated rings. The molecule has 1 N–H and O–H groups in total. The van der Waals surface area contributed by atoms with E-state index in [1.165, 1.54) is 16.7 Å². The minimum Gasteiger partial charge on any atom is -0.350 e. The third kappa shape index (κ3) is 4.49. The zero-order chi connectivity index (χ0) is 22.1. The molecule has 1 aliphatic heterocycles. The molecule has 3 aromatic carbocycles. The highest BCUT2D eigenvalue weighted by molar-refractivity contribution is 8.04. The molecule has 7 heteroatoms. The third-order valence-electron chi connectivity index (χ3n) is 4.66. The van der Waals surface area contributed by atoms with Crippen molar-refractivity contribution in [2.75, 3.05) is 10.2 Å². The van der Waals surface area contributed by atoms with Crippen molar-refractivity contribution in [2.45, 2.75) is 18.7 Å². The molecule has 0 saturated carbocycles. The third-order valence-corrected chi connectivity index (χ3v) is 6.49. The second-order valence-corrected chi connectivity index (χ2v) is 9.06. The van der Waals surface area contributed by atoms with Gasteiger partial charge in [-0.05, 0) is 67.4 Å². The number of rotatable bonds is 5. The van der Waals surface area contributed by atoms with E-state index in [2.05, 4.69) is 5.32 Å². The summed E-state index contributed by atoms with van der Waals surface area (Å²) in [5, 5.41) is 3.85. The molecule has 0 saturated heterocycles. The predicted octanol–water partition coefficient (Wildman–Crippen LogP) is 6.60. The lowest BCUT2D eigenvalue weighted by Gasteiger charge is -2.17. The Morgan fingerprint density at radius 3 is 2.13 bits per heavy atom. The van der Waals surface area contributed by atoms with Crippen LogP contribution in [0.3, 0.4) is 0 Å². The number of nitrogens with zero attached hydrogens (tertiary/aromatic N) is 1. The van der Waals surface area contributed by atoms with Crippen LogP contribution < -0.4 is 10.2 Å². The Hall–Kier alpha value is -2.73. The maximum absolute atomic E-state index is 13.4. The summed E-state index contributed by atoms with van der Waals surface area (Å²) in [6.07, 6.45) is 0. The van der Waals surface area contributed by atoms with Crippen LogP contribution in [0.5, 0.6) is 0 Å². The van der Waals surface area contributed by atoms with Gasteiger partial charge in [0.2, 0.25) is 0 Å². The van der Waals surface area contributed by atoms with Gasteiger partial charge in [-0.1, -0.05) is 59.2 Å². The molecule has 31 heavy (non-hydrogen) atoms. The van der Waals surface area contributed by atoms with Gasteiger partial charge in [-0.2, -0.15) is 0 Å². The van der Waals surface area contributed by atoms with E-state index in [9.17, 15) is 9.59 Å². The summed E-state index contributed by atoms with van der Waals surface area (Å²) in [5.74, 6) is -0.786. The van der Waals surface area contributed by atoms with Gasteiger partial charge < -0.3 is 5.32 Å². The van der Waals surface area contributed by atoms with Crippen molar-refractivity contribution < 1.29 is 9.59 Å². The van der Waals surface area contributed by atoms with Crippen molar-refractivity contribution >= 4 is 58.2 Å². The van der Waals surface area contributed by atoms with Crippen molar-refractivity contribution in [2.24, 2.45) is 0 Å². The van der Waals surface area contributed by atoms with E-state index >= 15 is 0 Å². The monoisotopic (exact) mass is 468 g/mol. The van der Waals surface area contributed by atoms with Gasteiger partial charge in [-0.15, -0.1) is 0 Å².